The molecule has 0 aromatic rings. The molecule has 0 aromatic carbocycles. The molecule has 23 heavy (non-hydrogen) atoms. The van der Waals surface area contributed by atoms with Crippen molar-refractivity contribution in [2.45, 2.75) is 41.0 Å². The third kappa shape index (κ3) is 19.4. The van der Waals surface area contributed by atoms with Gasteiger partial charge in [0, 0.05) is 19.8 Å². The van der Waals surface area contributed by atoms with Gasteiger partial charge < -0.3 is 24.7 Å². The number of hydrogen-bond acceptors (Lipinski definition) is 6. The van der Waals surface area contributed by atoms with Crippen LogP contribution < -0.4 is 5.73 Å². The van der Waals surface area contributed by atoms with Crippen molar-refractivity contribution in [1.29, 1.82) is 0 Å². The third-order valence-electron chi connectivity index (χ3n) is 2.69. The first-order valence-corrected chi connectivity index (χ1v) is 8.53. The molecule has 0 aliphatic rings. The molecule has 0 saturated carbocycles. The summed E-state index contributed by atoms with van der Waals surface area (Å²) in [6.07, 6.45) is 0.454. The molecule has 0 radical (unpaired) electrons. The van der Waals surface area contributed by atoms with Gasteiger partial charge in [-0.15, -0.1) is 0 Å². The van der Waals surface area contributed by atoms with E-state index in [1.807, 2.05) is 34.6 Å². The standard InChI is InChI=1S/C15H31NO5.C2H6.H2/c1-15(2,3)14(17)4-6-18-8-10-20-12-13-21-11-9-19-7-5-16;1-2;/h4-13,16H2,1-3H3;1-2H3;1H. The highest BCUT2D eigenvalue weighted by Crippen LogP contribution is 2.16. The Bertz CT molecular complexity index is 260. The molecule has 0 unspecified atom stereocenters. The number of rotatable bonds is 14. The second kappa shape index (κ2) is 17.8. The highest BCUT2D eigenvalue weighted by atomic mass is 16.6. The Morgan fingerprint density at radius 1 is 0.783 bits per heavy atom. The normalized spacial score (nSPS) is 11.0. The predicted octanol–water partition coefficient (Wildman–Crippen LogP) is 2.29. The van der Waals surface area contributed by atoms with E-state index in [1.54, 1.807) is 0 Å². The highest BCUT2D eigenvalue weighted by Gasteiger charge is 2.20. The van der Waals surface area contributed by atoms with Crippen molar-refractivity contribution in [3.63, 3.8) is 0 Å². The molecule has 142 valence electrons. The van der Waals surface area contributed by atoms with Gasteiger partial charge in [-0.05, 0) is 0 Å². The molecule has 0 aromatic heterocycles. The fourth-order valence-electron chi connectivity index (χ4n) is 1.39. The SMILES string of the molecule is CC.CC(C)(C)C(=O)CCOCCOCCOCCOCCN.[HH]. The monoisotopic (exact) mass is 337 g/mol. The van der Waals surface area contributed by atoms with Crippen molar-refractivity contribution < 1.29 is 25.2 Å². The van der Waals surface area contributed by atoms with Gasteiger partial charge in [0.05, 0.1) is 52.9 Å². The van der Waals surface area contributed by atoms with Crippen LogP contribution in [0.4, 0.5) is 0 Å². The number of ether oxygens (including phenoxy) is 4. The van der Waals surface area contributed by atoms with Crippen LogP contribution in [0.5, 0.6) is 0 Å². The number of hydrogen-bond donors (Lipinski definition) is 1. The number of carbonyl (C=O) groups is 1. The molecule has 0 heterocycles. The van der Waals surface area contributed by atoms with Gasteiger partial charge in [-0.25, -0.2) is 0 Å². The van der Waals surface area contributed by atoms with Crippen LogP contribution in [0.2, 0.25) is 0 Å². The van der Waals surface area contributed by atoms with Crippen LogP contribution in [0.1, 0.15) is 42.5 Å². The van der Waals surface area contributed by atoms with Crippen molar-refractivity contribution >= 4 is 5.78 Å². The topological polar surface area (TPSA) is 80.0 Å². The Hall–Kier alpha value is -0.530. The largest absolute Gasteiger partial charge is 0.379 e. The second-order valence-corrected chi connectivity index (χ2v) is 5.66. The van der Waals surface area contributed by atoms with E-state index >= 15 is 0 Å². The maximum Gasteiger partial charge on any atom is 0.140 e. The van der Waals surface area contributed by atoms with E-state index in [4.69, 9.17) is 24.7 Å². The lowest BCUT2D eigenvalue weighted by molar-refractivity contribution is -0.127. The minimum Gasteiger partial charge on any atom is -0.379 e. The number of carbonyl (C=O) groups excluding carboxylic acids is 1. The molecule has 0 aliphatic carbocycles. The number of ketones is 1. The van der Waals surface area contributed by atoms with Gasteiger partial charge >= 0.3 is 0 Å². The Morgan fingerprint density at radius 2 is 1.13 bits per heavy atom. The Kier molecular flexibility index (Phi) is 19.1. The van der Waals surface area contributed by atoms with Gasteiger partial charge in [0.2, 0.25) is 0 Å². The van der Waals surface area contributed by atoms with Crippen LogP contribution in [0.3, 0.4) is 0 Å². The van der Waals surface area contributed by atoms with Gasteiger partial charge in [-0.3, -0.25) is 4.79 Å². The fourth-order valence-corrected chi connectivity index (χ4v) is 1.39. The first-order valence-electron chi connectivity index (χ1n) is 8.53. The summed E-state index contributed by atoms with van der Waals surface area (Å²) >= 11 is 0. The average Bonchev–Trinajstić information content (AvgIpc) is 2.52. The molecule has 0 rings (SSSR count). The number of nitrogens with two attached hydrogens (primary N) is 1. The summed E-state index contributed by atoms with van der Waals surface area (Å²) in [4.78, 5) is 11.6. The molecule has 0 atom stereocenters. The van der Waals surface area contributed by atoms with E-state index in [-0.39, 0.29) is 12.6 Å². The predicted molar refractivity (Wildman–Crippen MR) is 94.9 cm³/mol. The van der Waals surface area contributed by atoms with Crippen molar-refractivity contribution in [3.8, 4) is 0 Å². The quantitative estimate of drug-likeness (QED) is 0.490. The van der Waals surface area contributed by atoms with Crippen molar-refractivity contribution in [2.24, 2.45) is 11.1 Å². The van der Waals surface area contributed by atoms with Gasteiger partial charge in [0.15, 0.2) is 0 Å². The zero-order valence-electron chi connectivity index (χ0n) is 15.7. The Balaban J connectivity index is -0.00000141. The molecule has 6 heteroatoms. The minimum absolute atomic E-state index is 0. The zero-order chi connectivity index (χ0) is 18.0. The Morgan fingerprint density at radius 3 is 1.48 bits per heavy atom. The van der Waals surface area contributed by atoms with Gasteiger partial charge in [-0.1, -0.05) is 34.6 Å². The summed E-state index contributed by atoms with van der Waals surface area (Å²) in [5.74, 6) is 0.216. The zero-order valence-corrected chi connectivity index (χ0v) is 15.7. The van der Waals surface area contributed by atoms with Crippen molar-refractivity contribution in [2.75, 3.05) is 59.4 Å². The summed E-state index contributed by atoms with van der Waals surface area (Å²) in [6.45, 7) is 14.5. The smallest absolute Gasteiger partial charge is 0.140 e. The Labute approximate surface area is 143 Å². The summed E-state index contributed by atoms with van der Waals surface area (Å²) in [7, 11) is 0. The molecule has 0 spiro atoms. The highest BCUT2D eigenvalue weighted by molar-refractivity contribution is 5.83. The third-order valence-corrected chi connectivity index (χ3v) is 2.69. The van der Waals surface area contributed by atoms with Crippen LogP contribution in [0.15, 0.2) is 0 Å². The van der Waals surface area contributed by atoms with E-state index in [2.05, 4.69) is 0 Å². The number of Topliss-reactive ketones (excluding diaryl/α,β-unsaturated/α-hetero) is 1. The van der Waals surface area contributed by atoms with Crippen LogP contribution in [0.25, 0.3) is 0 Å². The van der Waals surface area contributed by atoms with Crippen LogP contribution in [0, 0.1) is 5.41 Å². The molecule has 2 N–H and O–H groups in total. The van der Waals surface area contributed by atoms with Crippen LogP contribution >= 0.6 is 0 Å². The van der Waals surface area contributed by atoms with E-state index in [0.29, 0.717) is 65.8 Å². The lowest BCUT2D eigenvalue weighted by Gasteiger charge is -2.16. The first kappa shape index (κ1) is 24.7. The molecule has 0 amide bonds. The average molecular weight is 338 g/mol. The van der Waals surface area contributed by atoms with E-state index in [0.717, 1.165) is 0 Å². The molecular formula is C17H39NO5. The van der Waals surface area contributed by atoms with Crippen molar-refractivity contribution in [1.82, 2.24) is 0 Å². The summed E-state index contributed by atoms with van der Waals surface area (Å²) in [5.41, 5.74) is 4.99. The van der Waals surface area contributed by atoms with Crippen LogP contribution in [-0.2, 0) is 23.7 Å². The second-order valence-electron chi connectivity index (χ2n) is 5.66. The van der Waals surface area contributed by atoms with Crippen LogP contribution in [-0.4, -0.2) is 65.2 Å². The first-order chi connectivity index (χ1) is 11.0. The molecule has 0 bridgehead atoms. The fraction of sp³-hybridized carbons (Fsp3) is 0.941. The lowest BCUT2D eigenvalue weighted by atomic mass is 9.89. The summed E-state index contributed by atoms with van der Waals surface area (Å²) < 4.78 is 21.2. The molecule has 0 saturated heterocycles. The summed E-state index contributed by atoms with van der Waals surface area (Å²) in [5, 5.41) is 0. The van der Waals surface area contributed by atoms with E-state index < -0.39 is 0 Å². The van der Waals surface area contributed by atoms with Crippen molar-refractivity contribution in [3.05, 3.63) is 0 Å². The van der Waals surface area contributed by atoms with Gasteiger partial charge in [0.25, 0.3) is 0 Å². The molecule has 0 aliphatic heterocycles. The molecule has 0 fully saturated rings. The molecule has 6 nitrogen and oxygen atoms in total. The maximum atomic E-state index is 11.6. The lowest BCUT2D eigenvalue weighted by Crippen LogP contribution is -2.22. The maximum absolute atomic E-state index is 11.6. The van der Waals surface area contributed by atoms with Gasteiger partial charge in [-0.2, -0.15) is 0 Å². The summed E-state index contributed by atoms with van der Waals surface area (Å²) in [6, 6.07) is 0. The van der Waals surface area contributed by atoms with E-state index in [1.165, 1.54) is 0 Å². The van der Waals surface area contributed by atoms with Gasteiger partial charge in [0.1, 0.15) is 5.78 Å². The molecular weight excluding hydrogens is 298 g/mol. The van der Waals surface area contributed by atoms with E-state index in [9.17, 15) is 4.79 Å². The minimum atomic E-state index is -0.287.